The van der Waals surface area contributed by atoms with Crippen molar-refractivity contribution in [1.82, 2.24) is 0 Å². The van der Waals surface area contributed by atoms with Crippen LogP contribution in [-0.4, -0.2) is 32.6 Å². The maximum Gasteiger partial charge on any atom is 0.309 e. The predicted molar refractivity (Wildman–Crippen MR) is 80.4 cm³/mol. The first-order valence-corrected chi connectivity index (χ1v) is 7.49. The van der Waals surface area contributed by atoms with Gasteiger partial charge in [-0.1, -0.05) is 34.6 Å². The number of esters is 1. The average Bonchev–Trinajstić information content (AvgIpc) is 2.31. The smallest absolute Gasteiger partial charge is 0.309 e. The second-order valence-electron chi connectivity index (χ2n) is 6.74. The third kappa shape index (κ3) is 7.85. The molecule has 120 valence electrons. The minimum absolute atomic E-state index is 0.0318. The molecule has 0 aliphatic rings. The fourth-order valence-electron chi connectivity index (χ4n) is 2.20. The van der Waals surface area contributed by atoms with Crippen molar-refractivity contribution < 1.29 is 19.0 Å². The highest BCUT2D eigenvalue weighted by Gasteiger charge is 2.32. The van der Waals surface area contributed by atoms with E-state index in [1.165, 1.54) is 0 Å². The minimum Gasteiger partial charge on any atom is -0.466 e. The van der Waals surface area contributed by atoms with Gasteiger partial charge in [0.15, 0.2) is 0 Å². The molecule has 20 heavy (non-hydrogen) atoms. The van der Waals surface area contributed by atoms with Crippen molar-refractivity contribution in [3.63, 3.8) is 0 Å². The van der Waals surface area contributed by atoms with Crippen LogP contribution in [0.25, 0.3) is 0 Å². The minimum atomic E-state index is -0.115. The van der Waals surface area contributed by atoms with Gasteiger partial charge in [0.2, 0.25) is 0 Å². The molecule has 0 saturated heterocycles. The molecule has 0 heterocycles. The van der Waals surface area contributed by atoms with E-state index in [0.717, 1.165) is 6.42 Å². The molecular weight excluding hydrogens is 256 g/mol. The van der Waals surface area contributed by atoms with E-state index in [2.05, 4.69) is 34.6 Å². The van der Waals surface area contributed by atoms with Crippen molar-refractivity contribution >= 4 is 5.97 Å². The summed E-state index contributed by atoms with van der Waals surface area (Å²) in [5, 5.41) is 0. The van der Waals surface area contributed by atoms with Gasteiger partial charge >= 0.3 is 5.97 Å². The molecule has 0 N–H and O–H groups in total. The van der Waals surface area contributed by atoms with Gasteiger partial charge < -0.3 is 14.2 Å². The van der Waals surface area contributed by atoms with Crippen LogP contribution >= 0.6 is 0 Å². The van der Waals surface area contributed by atoms with Crippen LogP contribution in [0, 0.1) is 17.3 Å². The molecule has 0 aromatic carbocycles. The number of hydrogen-bond donors (Lipinski definition) is 0. The molecule has 0 radical (unpaired) electrons. The Hall–Kier alpha value is -0.610. The van der Waals surface area contributed by atoms with E-state index in [1.54, 1.807) is 7.11 Å². The summed E-state index contributed by atoms with van der Waals surface area (Å²) >= 11 is 0. The van der Waals surface area contributed by atoms with Gasteiger partial charge in [0, 0.05) is 7.11 Å². The lowest BCUT2D eigenvalue weighted by Crippen LogP contribution is -2.35. The summed E-state index contributed by atoms with van der Waals surface area (Å²) in [6.45, 7) is 13.1. The fraction of sp³-hybridized carbons (Fsp3) is 0.938. The van der Waals surface area contributed by atoms with E-state index in [4.69, 9.17) is 14.2 Å². The number of ether oxygens (including phenoxy) is 3. The number of methoxy groups -OCH3 is 1. The third-order valence-corrected chi connectivity index (χ3v) is 3.23. The molecule has 2 atom stereocenters. The first kappa shape index (κ1) is 19.4. The standard InChI is InChI=1S/C16H32O4/c1-8-19-15(17)13(9-12(2)3)10-14(16(4,5)6)20-11-18-7/h12-14H,8-11H2,1-7H3/t13-,14+/m1/s1. The highest BCUT2D eigenvalue weighted by atomic mass is 16.7. The van der Waals surface area contributed by atoms with Crippen LogP contribution in [0.15, 0.2) is 0 Å². The Balaban J connectivity index is 4.82. The molecule has 0 amide bonds. The molecule has 0 saturated carbocycles. The van der Waals surface area contributed by atoms with Gasteiger partial charge in [0.25, 0.3) is 0 Å². The Bertz CT molecular complexity index is 268. The first-order valence-electron chi connectivity index (χ1n) is 7.49. The molecule has 0 aromatic rings. The molecule has 0 aliphatic carbocycles. The normalized spacial score (nSPS) is 15.2. The van der Waals surface area contributed by atoms with Gasteiger partial charge in [0.1, 0.15) is 6.79 Å². The first-order chi connectivity index (χ1) is 9.22. The maximum atomic E-state index is 12.1. The lowest BCUT2D eigenvalue weighted by molar-refractivity contribution is -0.154. The summed E-state index contributed by atoms with van der Waals surface area (Å²) in [6.07, 6.45) is 1.46. The van der Waals surface area contributed by atoms with Gasteiger partial charge in [-0.2, -0.15) is 0 Å². The van der Waals surface area contributed by atoms with Crippen molar-refractivity contribution in [2.75, 3.05) is 20.5 Å². The number of rotatable bonds is 9. The monoisotopic (exact) mass is 288 g/mol. The zero-order valence-corrected chi connectivity index (χ0v) is 14.2. The van der Waals surface area contributed by atoms with Gasteiger partial charge in [-0.15, -0.1) is 0 Å². The van der Waals surface area contributed by atoms with Crippen molar-refractivity contribution in [3.8, 4) is 0 Å². The number of carbonyl (C=O) groups excluding carboxylic acids is 1. The van der Waals surface area contributed by atoms with Crippen molar-refractivity contribution in [2.45, 2.75) is 60.5 Å². The Morgan fingerprint density at radius 3 is 2.15 bits per heavy atom. The van der Waals surface area contributed by atoms with Crippen LogP contribution in [0.3, 0.4) is 0 Å². The van der Waals surface area contributed by atoms with Gasteiger partial charge in [-0.25, -0.2) is 0 Å². The zero-order chi connectivity index (χ0) is 15.8. The van der Waals surface area contributed by atoms with Crippen LogP contribution in [0.5, 0.6) is 0 Å². The van der Waals surface area contributed by atoms with Gasteiger partial charge in [0.05, 0.1) is 18.6 Å². The Morgan fingerprint density at radius 1 is 1.15 bits per heavy atom. The summed E-state index contributed by atoms with van der Waals surface area (Å²) in [6, 6.07) is 0. The predicted octanol–water partition coefficient (Wildman–Crippen LogP) is 3.64. The average molecular weight is 288 g/mol. The Morgan fingerprint density at radius 2 is 1.75 bits per heavy atom. The molecular formula is C16H32O4. The summed E-state index contributed by atoms with van der Waals surface area (Å²) < 4.78 is 16.0. The van der Waals surface area contributed by atoms with E-state index < -0.39 is 0 Å². The molecule has 0 unspecified atom stereocenters. The van der Waals surface area contributed by atoms with E-state index in [-0.39, 0.29) is 30.2 Å². The third-order valence-electron chi connectivity index (χ3n) is 3.23. The van der Waals surface area contributed by atoms with Crippen molar-refractivity contribution in [3.05, 3.63) is 0 Å². The summed E-state index contributed by atoms with van der Waals surface area (Å²) in [5.74, 6) is 0.222. The van der Waals surface area contributed by atoms with Crippen molar-refractivity contribution in [2.24, 2.45) is 17.3 Å². The number of carbonyl (C=O) groups is 1. The second kappa shape index (κ2) is 9.35. The Labute approximate surface area is 124 Å². The SMILES string of the molecule is CCOC(=O)[C@H](CC(C)C)C[C@H](OCOC)C(C)(C)C. The van der Waals surface area contributed by atoms with E-state index in [1.807, 2.05) is 6.92 Å². The molecule has 0 aromatic heterocycles. The quantitative estimate of drug-likeness (QED) is 0.480. The molecule has 0 spiro atoms. The summed E-state index contributed by atoms with van der Waals surface area (Å²) in [5.41, 5.74) is -0.0414. The van der Waals surface area contributed by atoms with Crippen LogP contribution < -0.4 is 0 Å². The molecule has 0 aliphatic heterocycles. The lowest BCUT2D eigenvalue weighted by atomic mass is 9.81. The summed E-state index contributed by atoms with van der Waals surface area (Å²) in [7, 11) is 1.61. The molecule has 0 fully saturated rings. The second-order valence-corrected chi connectivity index (χ2v) is 6.74. The highest BCUT2D eigenvalue weighted by molar-refractivity contribution is 5.72. The maximum absolute atomic E-state index is 12.1. The summed E-state index contributed by atoms with van der Waals surface area (Å²) in [4.78, 5) is 12.1. The molecule has 0 bridgehead atoms. The zero-order valence-electron chi connectivity index (χ0n) is 14.2. The molecule has 4 heteroatoms. The Kier molecular flexibility index (Phi) is 9.06. The fourth-order valence-corrected chi connectivity index (χ4v) is 2.20. The highest BCUT2D eigenvalue weighted by Crippen LogP contribution is 2.30. The topological polar surface area (TPSA) is 44.8 Å². The largest absolute Gasteiger partial charge is 0.466 e. The van der Waals surface area contributed by atoms with Crippen LogP contribution in [-0.2, 0) is 19.0 Å². The van der Waals surface area contributed by atoms with E-state index in [9.17, 15) is 4.79 Å². The van der Waals surface area contributed by atoms with Gasteiger partial charge in [-0.05, 0) is 31.1 Å². The van der Waals surface area contributed by atoms with E-state index in [0.29, 0.717) is 18.9 Å². The van der Waals surface area contributed by atoms with Gasteiger partial charge in [-0.3, -0.25) is 4.79 Å². The van der Waals surface area contributed by atoms with Crippen LogP contribution in [0.2, 0.25) is 0 Å². The molecule has 0 rings (SSSR count). The lowest BCUT2D eigenvalue weighted by Gasteiger charge is -2.33. The number of hydrogen-bond acceptors (Lipinski definition) is 4. The van der Waals surface area contributed by atoms with Crippen LogP contribution in [0.1, 0.15) is 54.4 Å². The molecule has 4 nitrogen and oxygen atoms in total. The van der Waals surface area contributed by atoms with E-state index >= 15 is 0 Å². The van der Waals surface area contributed by atoms with Crippen molar-refractivity contribution in [1.29, 1.82) is 0 Å². The van der Waals surface area contributed by atoms with Crippen LogP contribution in [0.4, 0.5) is 0 Å².